The van der Waals surface area contributed by atoms with Crippen molar-refractivity contribution in [1.82, 2.24) is 4.90 Å². The minimum atomic E-state index is -0.503. The number of rotatable bonds is 2. The van der Waals surface area contributed by atoms with Gasteiger partial charge in [-0.15, -0.1) is 0 Å². The molecule has 3 heteroatoms. The Morgan fingerprint density at radius 2 is 1.80 bits per heavy atom. The number of piperidine rings is 1. The molecule has 2 N–H and O–H groups in total. The van der Waals surface area contributed by atoms with Crippen molar-refractivity contribution in [3.63, 3.8) is 0 Å². The zero-order valence-corrected chi connectivity index (χ0v) is 12.0. The molecule has 1 heterocycles. The molecular weight excluding hydrogens is 248 g/mol. The highest BCUT2D eigenvalue weighted by molar-refractivity contribution is 5.83. The molecule has 2 fully saturated rings. The smallest absolute Gasteiger partial charge is 0.244 e. The summed E-state index contributed by atoms with van der Waals surface area (Å²) in [6, 6.07) is 9.21. The van der Waals surface area contributed by atoms with Crippen molar-refractivity contribution in [1.29, 1.82) is 0 Å². The van der Waals surface area contributed by atoms with E-state index in [1.54, 1.807) is 0 Å². The van der Waals surface area contributed by atoms with E-state index in [0.29, 0.717) is 5.92 Å². The Balaban J connectivity index is 1.65. The molecule has 1 aliphatic carbocycles. The highest BCUT2D eigenvalue weighted by atomic mass is 16.2. The summed E-state index contributed by atoms with van der Waals surface area (Å²) in [5, 5.41) is 0. The van der Waals surface area contributed by atoms with E-state index in [-0.39, 0.29) is 5.91 Å². The summed E-state index contributed by atoms with van der Waals surface area (Å²) < 4.78 is 0. The van der Waals surface area contributed by atoms with Gasteiger partial charge in [-0.2, -0.15) is 0 Å². The zero-order valence-electron chi connectivity index (χ0n) is 12.0. The van der Waals surface area contributed by atoms with Gasteiger partial charge in [-0.3, -0.25) is 4.79 Å². The average molecular weight is 272 g/mol. The molecule has 3 nitrogen and oxygen atoms in total. The summed E-state index contributed by atoms with van der Waals surface area (Å²) in [6.45, 7) is 1.81. The number of fused-ring (bicyclic) bond motifs is 1. The van der Waals surface area contributed by atoms with E-state index in [9.17, 15) is 4.79 Å². The largest absolute Gasteiger partial charge is 0.341 e. The van der Waals surface area contributed by atoms with Crippen LogP contribution in [0.15, 0.2) is 30.3 Å². The lowest BCUT2D eigenvalue weighted by atomic mass is 9.75. The molecule has 2 aliphatic rings. The number of carbonyl (C=O) groups is 1. The van der Waals surface area contributed by atoms with E-state index < -0.39 is 6.04 Å². The van der Waals surface area contributed by atoms with Gasteiger partial charge < -0.3 is 10.6 Å². The van der Waals surface area contributed by atoms with Crippen molar-refractivity contribution in [2.75, 3.05) is 13.1 Å². The van der Waals surface area contributed by atoms with Crippen LogP contribution >= 0.6 is 0 Å². The van der Waals surface area contributed by atoms with Gasteiger partial charge in [0, 0.05) is 13.1 Å². The molecule has 1 amide bonds. The van der Waals surface area contributed by atoms with Gasteiger partial charge in [-0.25, -0.2) is 0 Å². The number of likely N-dealkylation sites (tertiary alicyclic amines) is 1. The van der Waals surface area contributed by atoms with Crippen molar-refractivity contribution >= 4 is 5.91 Å². The number of hydrogen-bond acceptors (Lipinski definition) is 2. The van der Waals surface area contributed by atoms with Gasteiger partial charge in [0.1, 0.15) is 6.04 Å². The molecule has 0 aromatic heterocycles. The van der Waals surface area contributed by atoms with E-state index in [2.05, 4.69) is 0 Å². The Hall–Kier alpha value is -1.35. The molecule has 1 aromatic carbocycles. The molecule has 0 bridgehead atoms. The Labute approximate surface area is 121 Å². The maximum atomic E-state index is 12.6. The summed E-state index contributed by atoms with van der Waals surface area (Å²) in [5.41, 5.74) is 7.07. The van der Waals surface area contributed by atoms with Crippen LogP contribution in [0.5, 0.6) is 0 Å². The van der Waals surface area contributed by atoms with Crippen LogP contribution in [0.4, 0.5) is 0 Å². The quantitative estimate of drug-likeness (QED) is 0.899. The fourth-order valence-corrected chi connectivity index (χ4v) is 3.80. The van der Waals surface area contributed by atoms with E-state index in [1.165, 1.54) is 25.7 Å². The molecule has 1 aliphatic heterocycles. The van der Waals surface area contributed by atoms with Crippen LogP contribution in [0.1, 0.15) is 43.7 Å². The van der Waals surface area contributed by atoms with Gasteiger partial charge >= 0.3 is 0 Å². The van der Waals surface area contributed by atoms with E-state index in [4.69, 9.17) is 5.73 Å². The second-order valence-corrected chi connectivity index (χ2v) is 6.27. The number of hydrogen-bond donors (Lipinski definition) is 1. The minimum Gasteiger partial charge on any atom is -0.341 e. The first-order chi connectivity index (χ1) is 9.75. The Morgan fingerprint density at radius 3 is 2.55 bits per heavy atom. The lowest BCUT2D eigenvalue weighted by Crippen LogP contribution is -2.47. The van der Waals surface area contributed by atoms with Crippen LogP contribution in [0, 0.1) is 11.8 Å². The van der Waals surface area contributed by atoms with Crippen molar-refractivity contribution in [3.05, 3.63) is 35.9 Å². The molecule has 0 radical (unpaired) electrons. The topological polar surface area (TPSA) is 46.3 Å². The Morgan fingerprint density at radius 1 is 1.10 bits per heavy atom. The van der Waals surface area contributed by atoms with Gasteiger partial charge in [-0.05, 0) is 30.2 Å². The van der Waals surface area contributed by atoms with E-state index in [1.807, 2.05) is 35.2 Å². The molecule has 1 saturated carbocycles. The fraction of sp³-hybridized carbons (Fsp3) is 0.588. The van der Waals surface area contributed by atoms with Gasteiger partial charge in [0.05, 0.1) is 0 Å². The van der Waals surface area contributed by atoms with Crippen LogP contribution in [0.3, 0.4) is 0 Å². The van der Waals surface area contributed by atoms with Gasteiger partial charge in [0.2, 0.25) is 5.91 Å². The molecule has 0 spiro atoms. The SMILES string of the molecule is N[C@@H](C(=O)N1CCC2CCCCC2C1)c1ccccc1. The van der Waals surface area contributed by atoms with Crippen molar-refractivity contribution in [2.24, 2.45) is 17.6 Å². The third-order valence-corrected chi connectivity index (χ3v) is 5.03. The van der Waals surface area contributed by atoms with Crippen LogP contribution in [-0.4, -0.2) is 23.9 Å². The van der Waals surface area contributed by atoms with E-state index in [0.717, 1.165) is 31.0 Å². The third kappa shape index (κ3) is 2.73. The summed E-state index contributed by atoms with van der Waals surface area (Å²) >= 11 is 0. The molecule has 2 unspecified atom stereocenters. The first kappa shape index (κ1) is 13.6. The normalized spacial score (nSPS) is 27.8. The lowest BCUT2D eigenvalue weighted by Gasteiger charge is -2.42. The van der Waals surface area contributed by atoms with Gasteiger partial charge in [0.15, 0.2) is 0 Å². The van der Waals surface area contributed by atoms with Gasteiger partial charge in [-0.1, -0.05) is 49.6 Å². The molecule has 1 saturated heterocycles. The number of nitrogens with zero attached hydrogens (tertiary/aromatic N) is 1. The van der Waals surface area contributed by atoms with Crippen molar-refractivity contribution < 1.29 is 4.79 Å². The summed E-state index contributed by atoms with van der Waals surface area (Å²) in [6.07, 6.45) is 6.51. The summed E-state index contributed by atoms with van der Waals surface area (Å²) in [5.74, 6) is 1.66. The highest BCUT2D eigenvalue weighted by Gasteiger charge is 2.34. The first-order valence-corrected chi connectivity index (χ1v) is 7.85. The monoisotopic (exact) mass is 272 g/mol. The van der Waals surface area contributed by atoms with Crippen LogP contribution in [0.25, 0.3) is 0 Å². The molecule has 1 aromatic rings. The average Bonchev–Trinajstić information content (AvgIpc) is 2.54. The molecule has 3 rings (SSSR count). The summed E-state index contributed by atoms with van der Waals surface area (Å²) in [7, 11) is 0. The molecule has 108 valence electrons. The summed E-state index contributed by atoms with van der Waals surface area (Å²) in [4.78, 5) is 14.6. The maximum Gasteiger partial charge on any atom is 0.244 e. The van der Waals surface area contributed by atoms with Crippen molar-refractivity contribution in [2.45, 2.75) is 38.1 Å². The highest BCUT2D eigenvalue weighted by Crippen LogP contribution is 2.36. The Kier molecular flexibility index (Phi) is 4.06. The third-order valence-electron chi connectivity index (χ3n) is 5.03. The number of amides is 1. The second-order valence-electron chi connectivity index (χ2n) is 6.27. The van der Waals surface area contributed by atoms with Crippen LogP contribution in [-0.2, 0) is 4.79 Å². The predicted octanol–water partition coefficient (Wildman–Crippen LogP) is 2.73. The number of carbonyl (C=O) groups excluding carboxylic acids is 1. The molecule has 3 atom stereocenters. The maximum absolute atomic E-state index is 12.6. The van der Waals surface area contributed by atoms with Crippen molar-refractivity contribution in [3.8, 4) is 0 Å². The van der Waals surface area contributed by atoms with Crippen LogP contribution in [0.2, 0.25) is 0 Å². The zero-order chi connectivity index (χ0) is 13.9. The van der Waals surface area contributed by atoms with E-state index >= 15 is 0 Å². The number of nitrogens with two attached hydrogens (primary N) is 1. The Bertz CT molecular complexity index is 459. The lowest BCUT2D eigenvalue weighted by molar-refractivity contribution is -0.135. The molecular formula is C17H24N2O. The standard InChI is InChI=1S/C17H24N2O/c18-16(14-7-2-1-3-8-14)17(20)19-11-10-13-6-4-5-9-15(13)12-19/h1-3,7-8,13,15-16H,4-6,9-12,18H2/t13?,15?,16-/m1/s1. The fourth-order valence-electron chi connectivity index (χ4n) is 3.80. The van der Waals surface area contributed by atoms with Gasteiger partial charge in [0.25, 0.3) is 0 Å². The predicted molar refractivity (Wildman–Crippen MR) is 80.0 cm³/mol. The minimum absolute atomic E-state index is 0.0974. The second kappa shape index (κ2) is 5.96. The van der Waals surface area contributed by atoms with Crippen LogP contribution < -0.4 is 5.73 Å². The number of benzene rings is 1. The first-order valence-electron chi connectivity index (χ1n) is 7.85. The molecule has 20 heavy (non-hydrogen) atoms.